The Morgan fingerprint density at radius 3 is 2.30 bits per heavy atom. The number of ether oxygens (including phenoxy) is 3. The van der Waals surface area contributed by atoms with Crippen molar-refractivity contribution in [3.05, 3.63) is 23.8 Å². The molecule has 0 aliphatic heterocycles. The second-order valence-corrected chi connectivity index (χ2v) is 8.37. The number of aliphatic hydroxyl groups excluding tert-OH is 1. The lowest BCUT2D eigenvalue weighted by Crippen LogP contribution is -2.43. The van der Waals surface area contributed by atoms with Crippen LogP contribution in [0.25, 0.3) is 0 Å². The number of aliphatic hydroxyl groups is 1. The number of carboxylic acid groups (broad SMARTS) is 1. The molecule has 5 unspecified atom stereocenters. The van der Waals surface area contributed by atoms with Gasteiger partial charge in [0.15, 0.2) is 11.5 Å². The largest absolute Gasteiger partial charge is 0.493 e. The number of carboxylic acids is 1. The summed E-state index contributed by atoms with van der Waals surface area (Å²) in [5.74, 6) is -0.700. The van der Waals surface area contributed by atoms with Crippen molar-refractivity contribution in [2.24, 2.45) is 23.5 Å². The van der Waals surface area contributed by atoms with Crippen LogP contribution in [0.15, 0.2) is 18.2 Å². The molecular formula is C23H39NO6. The second kappa shape index (κ2) is 12.8. The lowest BCUT2D eigenvalue weighted by Gasteiger charge is -2.32. The highest BCUT2D eigenvalue weighted by molar-refractivity contribution is 5.71. The molecule has 0 spiro atoms. The van der Waals surface area contributed by atoms with Crippen molar-refractivity contribution in [1.82, 2.24) is 0 Å². The Morgan fingerprint density at radius 1 is 1.10 bits per heavy atom. The summed E-state index contributed by atoms with van der Waals surface area (Å²) < 4.78 is 16.2. The number of hydrogen-bond donors (Lipinski definition) is 3. The van der Waals surface area contributed by atoms with Gasteiger partial charge in [0.05, 0.1) is 25.7 Å². The van der Waals surface area contributed by atoms with Crippen LogP contribution in [0.4, 0.5) is 0 Å². The van der Waals surface area contributed by atoms with Crippen molar-refractivity contribution >= 4 is 5.97 Å². The van der Waals surface area contributed by atoms with E-state index < -0.39 is 30.0 Å². The zero-order chi connectivity index (χ0) is 22.8. The summed E-state index contributed by atoms with van der Waals surface area (Å²) in [5.41, 5.74) is 6.99. The molecule has 5 atom stereocenters. The third-order valence-corrected chi connectivity index (χ3v) is 5.84. The van der Waals surface area contributed by atoms with Crippen LogP contribution in [0.2, 0.25) is 0 Å². The minimum atomic E-state index is -1.01. The lowest BCUT2D eigenvalue weighted by molar-refractivity contribution is -0.143. The van der Waals surface area contributed by atoms with Gasteiger partial charge in [0.2, 0.25) is 0 Å². The normalized spacial score (nSPS) is 16.6. The van der Waals surface area contributed by atoms with E-state index in [1.807, 2.05) is 0 Å². The highest BCUT2D eigenvalue weighted by atomic mass is 16.5. The smallest absolute Gasteiger partial charge is 0.306 e. The van der Waals surface area contributed by atoms with Crippen LogP contribution < -0.4 is 15.2 Å². The van der Waals surface area contributed by atoms with Crippen molar-refractivity contribution in [1.29, 1.82) is 0 Å². The standard InChI is InChI=1S/C23H39NO6/c1-14(2)15(3)12-18(24)22(25)21(16(4)23(26)27)17-8-9-19(29-6)20(13-17)30-11-7-10-28-5/h8-9,13-16,18,21-22,25H,7,10-12,24H2,1-6H3,(H,26,27). The van der Waals surface area contributed by atoms with Gasteiger partial charge in [-0.15, -0.1) is 0 Å². The highest BCUT2D eigenvalue weighted by Crippen LogP contribution is 2.37. The summed E-state index contributed by atoms with van der Waals surface area (Å²) in [7, 11) is 3.18. The molecule has 7 heteroatoms. The molecule has 0 heterocycles. The van der Waals surface area contributed by atoms with Gasteiger partial charge in [-0.1, -0.05) is 33.8 Å². The number of hydrogen-bond acceptors (Lipinski definition) is 6. The van der Waals surface area contributed by atoms with E-state index in [4.69, 9.17) is 19.9 Å². The van der Waals surface area contributed by atoms with Crippen LogP contribution in [0.1, 0.15) is 52.0 Å². The second-order valence-electron chi connectivity index (χ2n) is 8.37. The van der Waals surface area contributed by atoms with Crippen LogP contribution >= 0.6 is 0 Å². The van der Waals surface area contributed by atoms with Crippen LogP contribution in [0.5, 0.6) is 11.5 Å². The first-order valence-corrected chi connectivity index (χ1v) is 10.6. The van der Waals surface area contributed by atoms with Gasteiger partial charge in [-0.25, -0.2) is 0 Å². The van der Waals surface area contributed by atoms with E-state index in [1.165, 1.54) is 0 Å². The van der Waals surface area contributed by atoms with E-state index in [0.29, 0.717) is 55.0 Å². The Labute approximate surface area is 180 Å². The van der Waals surface area contributed by atoms with Gasteiger partial charge in [0.1, 0.15) is 0 Å². The number of nitrogens with two attached hydrogens (primary N) is 1. The average Bonchev–Trinajstić information content (AvgIpc) is 2.71. The summed E-state index contributed by atoms with van der Waals surface area (Å²) >= 11 is 0. The highest BCUT2D eigenvalue weighted by Gasteiger charge is 2.36. The van der Waals surface area contributed by atoms with E-state index in [-0.39, 0.29) is 0 Å². The van der Waals surface area contributed by atoms with Gasteiger partial charge in [0.25, 0.3) is 0 Å². The molecule has 0 amide bonds. The zero-order valence-electron chi connectivity index (χ0n) is 19.1. The third-order valence-electron chi connectivity index (χ3n) is 5.84. The molecule has 1 aromatic carbocycles. The Hall–Kier alpha value is -1.83. The van der Waals surface area contributed by atoms with Gasteiger partial charge in [-0.05, 0) is 36.0 Å². The van der Waals surface area contributed by atoms with Gasteiger partial charge in [0, 0.05) is 32.1 Å². The molecule has 0 aromatic heterocycles. The van der Waals surface area contributed by atoms with Crippen LogP contribution in [-0.4, -0.2) is 55.8 Å². The monoisotopic (exact) mass is 425 g/mol. The number of methoxy groups -OCH3 is 2. The molecule has 4 N–H and O–H groups in total. The first kappa shape index (κ1) is 26.2. The topological polar surface area (TPSA) is 111 Å². The predicted octanol–water partition coefficient (Wildman–Crippen LogP) is 3.29. The molecule has 0 aliphatic rings. The van der Waals surface area contributed by atoms with E-state index in [2.05, 4.69) is 20.8 Å². The quantitative estimate of drug-likeness (QED) is 0.392. The van der Waals surface area contributed by atoms with Gasteiger partial charge in [-0.3, -0.25) is 4.79 Å². The molecule has 0 saturated carbocycles. The molecule has 7 nitrogen and oxygen atoms in total. The minimum absolute atomic E-state index is 0.311. The van der Waals surface area contributed by atoms with Crippen molar-refractivity contribution in [3.63, 3.8) is 0 Å². The SMILES string of the molecule is COCCCOc1cc(C(C(C)C(=O)O)C(O)C(N)CC(C)C(C)C)ccc1OC. The molecular weight excluding hydrogens is 386 g/mol. The molecule has 0 fully saturated rings. The van der Waals surface area contributed by atoms with E-state index in [0.717, 1.165) is 0 Å². The van der Waals surface area contributed by atoms with Gasteiger partial charge < -0.3 is 30.2 Å². The summed E-state index contributed by atoms with van der Waals surface area (Å²) in [4.78, 5) is 11.8. The first-order valence-electron chi connectivity index (χ1n) is 10.6. The van der Waals surface area contributed by atoms with Crippen LogP contribution in [0.3, 0.4) is 0 Å². The molecule has 172 valence electrons. The number of aliphatic carboxylic acids is 1. The summed E-state index contributed by atoms with van der Waals surface area (Å²) in [5, 5.41) is 20.7. The zero-order valence-corrected chi connectivity index (χ0v) is 19.1. The fraction of sp³-hybridized carbons (Fsp3) is 0.696. The van der Waals surface area contributed by atoms with E-state index in [9.17, 15) is 15.0 Å². The maximum absolute atomic E-state index is 11.8. The van der Waals surface area contributed by atoms with Crippen molar-refractivity contribution in [2.45, 2.75) is 58.6 Å². The van der Waals surface area contributed by atoms with Crippen LogP contribution in [-0.2, 0) is 9.53 Å². The number of benzene rings is 1. The average molecular weight is 426 g/mol. The molecule has 0 aliphatic carbocycles. The Balaban J connectivity index is 3.19. The van der Waals surface area contributed by atoms with Gasteiger partial charge in [-0.2, -0.15) is 0 Å². The van der Waals surface area contributed by atoms with Crippen molar-refractivity contribution in [3.8, 4) is 11.5 Å². The lowest BCUT2D eigenvalue weighted by atomic mass is 9.77. The van der Waals surface area contributed by atoms with Crippen molar-refractivity contribution < 1.29 is 29.2 Å². The van der Waals surface area contributed by atoms with Gasteiger partial charge >= 0.3 is 5.97 Å². The van der Waals surface area contributed by atoms with Crippen LogP contribution in [0, 0.1) is 17.8 Å². The maximum atomic E-state index is 11.8. The summed E-state index contributed by atoms with van der Waals surface area (Å²) in [6.45, 7) is 8.91. The first-order chi connectivity index (χ1) is 14.1. The number of rotatable bonds is 14. The minimum Gasteiger partial charge on any atom is -0.493 e. The fourth-order valence-corrected chi connectivity index (χ4v) is 3.44. The summed E-state index contributed by atoms with van der Waals surface area (Å²) in [6.07, 6.45) is 0.310. The molecule has 0 saturated heterocycles. The Bertz CT molecular complexity index is 651. The molecule has 0 radical (unpaired) electrons. The third kappa shape index (κ3) is 7.45. The molecule has 1 aromatic rings. The predicted molar refractivity (Wildman–Crippen MR) is 117 cm³/mol. The summed E-state index contributed by atoms with van der Waals surface area (Å²) in [6, 6.07) is 4.71. The number of carbonyl (C=O) groups is 1. The maximum Gasteiger partial charge on any atom is 0.306 e. The Morgan fingerprint density at radius 2 is 1.77 bits per heavy atom. The van der Waals surface area contributed by atoms with E-state index >= 15 is 0 Å². The molecule has 0 bridgehead atoms. The van der Waals surface area contributed by atoms with E-state index in [1.54, 1.807) is 39.3 Å². The fourth-order valence-electron chi connectivity index (χ4n) is 3.44. The van der Waals surface area contributed by atoms with Crippen molar-refractivity contribution in [2.75, 3.05) is 27.4 Å². The molecule has 1 rings (SSSR count). The molecule has 30 heavy (non-hydrogen) atoms. The Kier molecular flexibility index (Phi) is 11.2.